The molecule has 2 aliphatic heterocycles. The summed E-state index contributed by atoms with van der Waals surface area (Å²) in [4.78, 5) is 23.5. The molecule has 2 aromatic heterocycles. The van der Waals surface area contributed by atoms with E-state index >= 15 is 0 Å². The van der Waals surface area contributed by atoms with Crippen molar-refractivity contribution in [1.29, 1.82) is 0 Å². The maximum Gasteiger partial charge on any atom is 0.271 e. The lowest BCUT2D eigenvalue weighted by molar-refractivity contribution is 0.0556. The van der Waals surface area contributed by atoms with Crippen LogP contribution in [-0.2, 0) is 13.1 Å². The number of thiazole rings is 1. The molecule has 7 heteroatoms. The van der Waals surface area contributed by atoms with E-state index in [9.17, 15) is 4.79 Å². The van der Waals surface area contributed by atoms with Crippen molar-refractivity contribution in [2.24, 2.45) is 0 Å². The van der Waals surface area contributed by atoms with Crippen LogP contribution in [0.15, 0.2) is 48.1 Å². The maximum atomic E-state index is 13.3. The van der Waals surface area contributed by atoms with Crippen LogP contribution in [0.3, 0.4) is 0 Å². The number of carbonyl (C=O) groups is 1. The molecule has 1 saturated heterocycles. The normalized spacial score (nSPS) is 21.3. The summed E-state index contributed by atoms with van der Waals surface area (Å²) in [7, 11) is 1.67. The summed E-state index contributed by atoms with van der Waals surface area (Å²) in [6, 6.07) is 12.4. The van der Waals surface area contributed by atoms with Crippen LogP contribution in [0.1, 0.15) is 32.7 Å². The summed E-state index contributed by atoms with van der Waals surface area (Å²) >= 11 is 1.71. The Morgan fingerprint density at radius 1 is 1.14 bits per heavy atom. The topological polar surface area (TPSA) is 50.6 Å². The van der Waals surface area contributed by atoms with E-state index in [-0.39, 0.29) is 18.0 Å². The van der Waals surface area contributed by atoms with E-state index in [0.29, 0.717) is 6.54 Å². The van der Waals surface area contributed by atoms with Crippen molar-refractivity contribution in [1.82, 2.24) is 19.4 Å². The Hall–Kier alpha value is -2.64. The van der Waals surface area contributed by atoms with E-state index in [1.807, 2.05) is 41.9 Å². The first-order valence-electron chi connectivity index (χ1n) is 9.86. The lowest BCUT2D eigenvalue weighted by Crippen LogP contribution is -2.49. The highest BCUT2D eigenvalue weighted by Crippen LogP contribution is 2.35. The highest BCUT2D eigenvalue weighted by molar-refractivity contribution is 7.09. The molecule has 2 atom stereocenters. The number of aryl methyl sites for hydroxylation is 1. The second-order valence-corrected chi connectivity index (χ2v) is 8.71. The number of rotatable bonds is 5. The number of benzene rings is 1. The van der Waals surface area contributed by atoms with Crippen LogP contribution in [0, 0.1) is 6.92 Å². The first-order chi connectivity index (χ1) is 14.1. The zero-order chi connectivity index (χ0) is 20.0. The summed E-state index contributed by atoms with van der Waals surface area (Å²) in [5.74, 6) is 0.945. The standard InChI is InChI=1S/C22H24N4O2S/c1-15-21(29-14-23-15)13-24-11-19-20(12-24)26(22(27)18-4-3-9-25(18)19)10-16-5-7-17(28-2)8-6-16/h3-9,14,19-20H,10-13H2,1-2H3. The van der Waals surface area contributed by atoms with E-state index in [1.165, 1.54) is 4.88 Å². The first-order valence-corrected chi connectivity index (χ1v) is 10.7. The van der Waals surface area contributed by atoms with Crippen LogP contribution in [0.2, 0.25) is 0 Å². The maximum absolute atomic E-state index is 13.3. The largest absolute Gasteiger partial charge is 0.497 e. The number of nitrogens with zero attached hydrogens (tertiary/aromatic N) is 4. The number of ether oxygens (including phenoxy) is 1. The number of hydrogen-bond acceptors (Lipinski definition) is 5. The quantitative estimate of drug-likeness (QED) is 0.650. The molecule has 1 fully saturated rings. The SMILES string of the molecule is COc1ccc(CN2C(=O)c3cccn3C3CN(Cc4scnc4C)CC32)cc1. The van der Waals surface area contributed by atoms with Gasteiger partial charge in [-0.1, -0.05) is 12.1 Å². The number of amides is 1. The van der Waals surface area contributed by atoms with Gasteiger partial charge in [-0.15, -0.1) is 11.3 Å². The molecule has 0 aliphatic carbocycles. The number of carbonyl (C=O) groups excluding carboxylic acids is 1. The fourth-order valence-electron chi connectivity index (χ4n) is 4.52. The lowest BCUT2D eigenvalue weighted by atomic mass is 10.0. The van der Waals surface area contributed by atoms with Crippen molar-refractivity contribution in [2.75, 3.05) is 20.2 Å². The molecule has 2 unspecified atom stereocenters. The van der Waals surface area contributed by atoms with Gasteiger partial charge in [0, 0.05) is 37.3 Å². The molecule has 0 radical (unpaired) electrons. The molecular formula is C22H24N4O2S. The third-order valence-electron chi connectivity index (χ3n) is 6.08. The minimum atomic E-state index is 0.114. The van der Waals surface area contributed by atoms with Gasteiger partial charge in [-0.3, -0.25) is 9.69 Å². The van der Waals surface area contributed by atoms with Gasteiger partial charge in [0.05, 0.1) is 30.4 Å². The molecule has 0 saturated carbocycles. The third kappa shape index (κ3) is 3.24. The summed E-state index contributed by atoms with van der Waals surface area (Å²) in [5, 5.41) is 0. The van der Waals surface area contributed by atoms with Crippen molar-refractivity contribution in [3.8, 4) is 5.75 Å². The Bertz CT molecular complexity index is 1030. The third-order valence-corrected chi connectivity index (χ3v) is 7.00. The molecule has 2 aliphatic rings. The van der Waals surface area contributed by atoms with Crippen LogP contribution >= 0.6 is 11.3 Å². The van der Waals surface area contributed by atoms with Crippen molar-refractivity contribution < 1.29 is 9.53 Å². The summed E-state index contributed by atoms with van der Waals surface area (Å²) in [6.07, 6.45) is 2.05. The average Bonchev–Trinajstić information content (AvgIpc) is 3.46. The Morgan fingerprint density at radius 2 is 1.93 bits per heavy atom. The monoisotopic (exact) mass is 408 g/mol. The molecule has 29 heavy (non-hydrogen) atoms. The van der Waals surface area contributed by atoms with Crippen LogP contribution in [0.25, 0.3) is 0 Å². The number of aromatic nitrogens is 2. The van der Waals surface area contributed by atoms with Crippen molar-refractivity contribution in [3.05, 3.63) is 69.9 Å². The van der Waals surface area contributed by atoms with Crippen LogP contribution in [-0.4, -0.2) is 51.5 Å². The number of methoxy groups -OCH3 is 1. The van der Waals surface area contributed by atoms with Crippen molar-refractivity contribution in [3.63, 3.8) is 0 Å². The molecule has 1 aromatic carbocycles. The van der Waals surface area contributed by atoms with Crippen LogP contribution < -0.4 is 4.74 Å². The molecule has 4 heterocycles. The highest BCUT2D eigenvalue weighted by Gasteiger charge is 2.44. The van der Waals surface area contributed by atoms with E-state index in [4.69, 9.17) is 4.74 Å². The summed E-state index contributed by atoms with van der Waals surface area (Å²) in [6.45, 7) is 5.39. The number of hydrogen-bond donors (Lipinski definition) is 0. The zero-order valence-corrected chi connectivity index (χ0v) is 17.4. The molecule has 0 bridgehead atoms. The summed E-state index contributed by atoms with van der Waals surface area (Å²) in [5.41, 5.74) is 4.93. The minimum Gasteiger partial charge on any atom is -0.497 e. The Labute approximate surface area is 174 Å². The Balaban J connectivity index is 1.42. The molecule has 0 spiro atoms. The van der Waals surface area contributed by atoms with Gasteiger partial charge in [0.1, 0.15) is 11.4 Å². The number of likely N-dealkylation sites (tertiary alicyclic amines) is 1. The molecule has 1 amide bonds. The fourth-order valence-corrected chi connectivity index (χ4v) is 5.33. The van der Waals surface area contributed by atoms with Gasteiger partial charge < -0.3 is 14.2 Å². The van der Waals surface area contributed by atoms with Gasteiger partial charge in [0.15, 0.2) is 0 Å². The van der Waals surface area contributed by atoms with Gasteiger partial charge in [-0.25, -0.2) is 4.98 Å². The van der Waals surface area contributed by atoms with Gasteiger partial charge in [-0.05, 0) is 36.8 Å². The predicted molar refractivity (Wildman–Crippen MR) is 112 cm³/mol. The zero-order valence-electron chi connectivity index (χ0n) is 16.6. The number of fused-ring (bicyclic) bond motifs is 3. The van der Waals surface area contributed by atoms with Crippen LogP contribution in [0.5, 0.6) is 5.75 Å². The second kappa shape index (κ2) is 7.31. The summed E-state index contributed by atoms with van der Waals surface area (Å²) < 4.78 is 7.44. The van der Waals surface area contributed by atoms with Gasteiger partial charge >= 0.3 is 0 Å². The fraction of sp³-hybridized carbons (Fsp3) is 0.364. The van der Waals surface area contributed by atoms with Gasteiger partial charge in [0.25, 0.3) is 5.91 Å². The second-order valence-electron chi connectivity index (χ2n) is 7.77. The van der Waals surface area contributed by atoms with Crippen LogP contribution in [0.4, 0.5) is 0 Å². The van der Waals surface area contributed by atoms with Crippen molar-refractivity contribution in [2.45, 2.75) is 32.1 Å². The van der Waals surface area contributed by atoms with E-state index in [2.05, 4.69) is 32.5 Å². The highest BCUT2D eigenvalue weighted by atomic mass is 32.1. The van der Waals surface area contributed by atoms with Crippen molar-refractivity contribution >= 4 is 17.2 Å². The minimum absolute atomic E-state index is 0.114. The molecule has 6 nitrogen and oxygen atoms in total. The molecule has 3 aromatic rings. The first kappa shape index (κ1) is 18.4. The molecule has 5 rings (SSSR count). The lowest BCUT2D eigenvalue weighted by Gasteiger charge is -2.38. The molecule has 0 N–H and O–H groups in total. The molecular weight excluding hydrogens is 384 g/mol. The van der Waals surface area contributed by atoms with E-state index < -0.39 is 0 Å². The Morgan fingerprint density at radius 3 is 2.66 bits per heavy atom. The Kier molecular flexibility index (Phi) is 4.64. The van der Waals surface area contributed by atoms with E-state index in [0.717, 1.165) is 42.3 Å². The van der Waals surface area contributed by atoms with Gasteiger partial charge in [-0.2, -0.15) is 0 Å². The smallest absolute Gasteiger partial charge is 0.271 e. The van der Waals surface area contributed by atoms with E-state index in [1.54, 1.807) is 18.4 Å². The molecule has 150 valence electrons. The van der Waals surface area contributed by atoms with Gasteiger partial charge in [0.2, 0.25) is 0 Å². The average molecular weight is 409 g/mol. The predicted octanol–water partition coefficient (Wildman–Crippen LogP) is 3.34.